The highest BCUT2D eigenvalue weighted by Gasteiger charge is 2.24. The molecule has 0 amide bonds. The first-order valence-corrected chi connectivity index (χ1v) is 9.39. The van der Waals surface area contributed by atoms with E-state index in [1.54, 1.807) is 19.1 Å². The molecule has 0 N–H and O–H groups in total. The lowest BCUT2D eigenvalue weighted by Gasteiger charge is -2.03. The molecule has 2 heterocycles. The first-order chi connectivity index (χ1) is 11.9. The summed E-state index contributed by atoms with van der Waals surface area (Å²) in [5.74, 6) is -0.651. The molecule has 0 spiro atoms. The number of ether oxygens (including phenoxy) is 1. The Bertz CT molecular complexity index is 1010. The van der Waals surface area contributed by atoms with Gasteiger partial charge in [-0.2, -0.15) is 8.42 Å². The molecule has 11 heteroatoms. The van der Waals surface area contributed by atoms with E-state index in [1.165, 1.54) is 18.3 Å². The van der Waals surface area contributed by atoms with Gasteiger partial charge in [0, 0.05) is 0 Å². The molecule has 0 fully saturated rings. The molecule has 9 nitrogen and oxygen atoms in total. The standard InChI is InChI=1S/C14H13N5O4S2/c1-3-23-14(20)12-13(24-18-16-12)11-8-15-19(17-11)25(21,22)10-6-4-9(2)5-7-10/h4-8H,3H2,1-2H3. The molecule has 1 aromatic carbocycles. The predicted octanol–water partition coefficient (Wildman–Crippen LogP) is 1.52. The molecule has 3 rings (SSSR count). The van der Waals surface area contributed by atoms with E-state index < -0.39 is 16.0 Å². The van der Waals surface area contributed by atoms with E-state index in [-0.39, 0.29) is 22.9 Å². The van der Waals surface area contributed by atoms with Crippen molar-refractivity contribution >= 4 is 27.5 Å². The summed E-state index contributed by atoms with van der Waals surface area (Å²) in [5, 5.41) is 11.5. The Morgan fingerprint density at radius 2 is 2.00 bits per heavy atom. The largest absolute Gasteiger partial charge is 0.461 e. The van der Waals surface area contributed by atoms with Crippen LogP contribution in [0.1, 0.15) is 23.0 Å². The number of esters is 1. The summed E-state index contributed by atoms with van der Waals surface area (Å²) < 4.78 is 34.3. The van der Waals surface area contributed by atoms with E-state index in [9.17, 15) is 13.2 Å². The van der Waals surface area contributed by atoms with Gasteiger partial charge >= 0.3 is 5.97 Å². The molecule has 0 saturated carbocycles. The lowest BCUT2D eigenvalue weighted by Crippen LogP contribution is -2.16. The molecule has 3 aromatic rings. The van der Waals surface area contributed by atoms with Gasteiger partial charge in [0.25, 0.3) is 10.0 Å². The van der Waals surface area contributed by atoms with E-state index in [2.05, 4.69) is 19.8 Å². The van der Waals surface area contributed by atoms with Crippen molar-refractivity contribution in [3.63, 3.8) is 0 Å². The van der Waals surface area contributed by atoms with Gasteiger partial charge in [0.05, 0.1) is 17.7 Å². The normalized spacial score (nSPS) is 11.4. The van der Waals surface area contributed by atoms with Crippen LogP contribution in [0.15, 0.2) is 35.4 Å². The number of carbonyl (C=O) groups is 1. The van der Waals surface area contributed by atoms with Gasteiger partial charge in [-0.15, -0.1) is 15.3 Å². The van der Waals surface area contributed by atoms with Crippen molar-refractivity contribution in [3.8, 4) is 10.6 Å². The van der Waals surface area contributed by atoms with Crippen LogP contribution >= 0.6 is 11.5 Å². The average molecular weight is 379 g/mol. The quantitative estimate of drug-likeness (QED) is 0.613. The van der Waals surface area contributed by atoms with Crippen LogP contribution in [0.3, 0.4) is 0 Å². The van der Waals surface area contributed by atoms with Crippen molar-refractivity contribution in [2.45, 2.75) is 18.7 Å². The van der Waals surface area contributed by atoms with Crippen LogP contribution in [0, 0.1) is 6.92 Å². The van der Waals surface area contributed by atoms with Gasteiger partial charge in [0.15, 0.2) is 5.69 Å². The summed E-state index contributed by atoms with van der Waals surface area (Å²) in [6, 6.07) is 6.32. The molecule has 25 heavy (non-hydrogen) atoms. The zero-order valence-corrected chi connectivity index (χ0v) is 14.9. The molecular formula is C14H13N5O4S2. The Hall–Kier alpha value is -2.66. The average Bonchev–Trinajstić information content (AvgIpc) is 3.25. The van der Waals surface area contributed by atoms with Gasteiger partial charge in [-0.25, -0.2) is 4.79 Å². The third-order valence-electron chi connectivity index (χ3n) is 3.20. The number of aromatic nitrogens is 5. The van der Waals surface area contributed by atoms with Crippen molar-refractivity contribution < 1.29 is 17.9 Å². The van der Waals surface area contributed by atoms with Crippen LogP contribution in [0.25, 0.3) is 10.6 Å². The van der Waals surface area contributed by atoms with Crippen LogP contribution in [0.2, 0.25) is 0 Å². The second-order valence-electron chi connectivity index (χ2n) is 4.94. The highest BCUT2D eigenvalue weighted by molar-refractivity contribution is 7.89. The Kier molecular flexibility index (Phi) is 4.59. The number of aryl methyl sites for hydroxylation is 1. The lowest BCUT2D eigenvalue weighted by atomic mass is 10.2. The molecule has 0 saturated heterocycles. The monoisotopic (exact) mass is 379 g/mol. The van der Waals surface area contributed by atoms with Crippen molar-refractivity contribution in [2.75, 3.05) is 6.61 Å². The van der Waals surface area contributed by atoms with Gasteiger partial charge in [-0.05, 0) is 37.5 Å². The van der Waals surface area contributed by atoms with Crippen LogP contribution in [-0.4, -0.2) is 45.0 Å². The zero-order valence-electron chi connectivity index (χ0n) is 13.3. The second-order valence-corrected chi connectivity index (χ2v) is 7.44. The SMILES string of the molecule is CCOC(=O)c1nnsc1-c1cnn(S(=O)(=O)c2ccc(C)cc2)n1. The number of carbonyl (C=O) groups excluding carboxylic acids is 1. The van der Waals surface area contributed by atoms with Crippen LogP contribution < -0.4 is 0 Å². The number of nitrogens with zero attached hydrogens (tertiary/aromatic N) is 5. The Morgan fingerprint density at radius 3 is 2.68 bits per heavy atom. The Balaban J connectivity index is 1.97. The maximum absolute atomic E-state index is 12.6. The lowest BCUT2D eigenvalue weighted by molar-refractivity contribution is 0.0520. The third kappa shape index (κ3) is 3.28. The minimum Gasteiger partial charge on any atom is -0.461 e. The van der Waals surface area contributed by atoms with Crippen LogP contribution in [-0.2, 0) is 14.8 Å². The summed E-state index contributed by atoms with van der Waals surface area (Å²) in [6.45, 7) is 3.71. The second kappa shape index (κ2) is 6.69. The smallest absolute Gasteiger partial charge is 0.360 e. The number of rotatable bonds is 5. The molecule has 130 valence electrons. The van der Waals surface area contributed by atoms with Gasteiger partial charge < -0.3 is 4.74 Å². The summed E-state index contributed by atoms with van der Waals surface area (Å²) in [4.78, 5) is 12.2. The van der Waals surface area contributed by atoms with Crippen molar-refractivity contribution in [2.24, 2.45) is 0 Å². The summed E-state index contributed by atoms with van der Waals surface area (Å²) in [5.41, 5.74) is 1.09. The molecule has 0 unspecified atom stereocenters. The van der Waals surface area contributed by atoms with E-state index in [1.807, 2.05) is 6.92 Å². The van der Waals surface area contributed by atoms with Crippen molar-refractivity contribution in [3.05, 3.63) is 41.7 Å². The predicted molar refractivity (Wildman–Crippen MR) is 88.6 cm³/mol. The van der Waals surface area contributed by atoms with Gasteiger partial charge in [0.1, 0.15) is 10.6 Å². The highest BCUT2D eigenvalue weighted by atomic mass is 32.2. The van der Waals surface area contributed by atoms with E-state index in [0.29, 0.717) is 9.08 Å². The molecule has 2 aromatic heterocycles. The van der Waals surface area contributed by atoms with Crippen LogP contribution in [0.4, 0.5) is 0 Å². The molecule has 0 bridgehead atoms. The molecular weight excluding hydrogens is 366 g/mol. The van der Waals surface area contributed by atoms with Gasteiger partial charge in [-0.3, -0.25) is 0 Å². The van der Waals surface area contributed by atoms with Gasteiger partial charge in [-0.1, -0.05) is 26.4 Å². The van der Waals surface area contributed by atoms with Gasteiger partial charge in [0.2, 0.25) is 0 Å². The molecule has 0 atom stereocenters. The van der Waals surface area contributed by atoms with E-state index >= 15 is 0 Å². The van der Waals surface area contributed by atoms with E-state index in [0.717, 1.165) is 17.1 Å². The molecule has 0 aliphatic rings. The van der Waals surface area contributed by atoms with E-state index in [4.69, 9.17) is 4.74 Å². The molecule has 0 aliphatic carbocycles. The van der Waals surface area contributed by atoms with Crippen LogP contribution in [0.5, 0.6) is 0 Å². The Morgan fingerprint density at radius 1 is 1.28 bits per heavy atom. The minimum absolute atomic E-state index is 0.0216. The molecule has 0 aliphatic heterocycles. The topological polar surface area (TPSA) is 117 Å². The minimum atomic E-state index is -3.93. The fourth-order valence-electron chi connectivity index (χ4n) is 1.96. The maximum atomic E-state index is 12.6. The fraction of sp³-hybridized carbons (Fsp3) is 0.214. The van der Waals surface area contributed by atoms with Crippen molar-refractivity contribution in [1.29, 1.82) is 0 Å². The number of benzene rings is 1. The highest BCUT2D eigenvalue weighted by Crippen LogP contribution is 2.25. The Labute approximate surface area is 147 Å². The number of hydrogen-bond acceptors (Lipinski definition) is 9. The summed E-state index contributed by atoms with van der Waals surface area (Å²) in [6.07, 6.45) is 1.24. The first-order valence-electron chi connectivity index (χ1n) is 7.18. The summed E-state index contributed by atoms with van der Waals surface area (Å²) >= 11 is 0.906. The van der Waals surface area contributed by atoms with Crippen molar-refractivity contribution in [1.82, 2.24) is 24.0 Å². The zero-order chi connectivity index (χ0) is 18.0. The number of hydrogen-bond donors (Lipinski definition) is 0. The molecule has 0 radical (unpaired) electrons. The maximum Gasteiger partial charge on any atom is 0.360 e. The first kappa shape index (κ1) is 17.2. The summed E-state index contributed by atoms with van der Waals surface area (Å²) in [7, 11) is -3.93. The fourth-order valence-corrected chi connectivity index (χ4v) is 3.60. The third-order valence-corrected chi connectivity index (χ3v) is 5.42.